The molecule has 9 heteroatoms. The monoisotopic (exact) mass is 296 g/mol. The van der Waals surface area contributed by atoms with Crippen LogP contribution in [-0.2, 0) is 6.18 Å². The third-order valence-corrected chi connectivity index (χ3v) is 3.05. The van der Waals surface area contributed by atoms with Crippen molar-refractivity contribution in [2.45, 2.75) is 19.1 Å². The van der Waals surface area contributed by atoms with E-state index in [1.54, 1.807) is 12.4 Å². The highest BCUT2D eigenvalue weighted by atomic mass is 19.4. The summed E-state index contributed by atoms with van der Waals surface area (Å²) in [6, 6.07) is 0.809. The summed E-state index contributed by atoms with van der Waals surface area (Å²) in [6.07, 6.45) is 1.62. The second-order valence-electron chi connectivity index (χ2n) is 4.53. The molecule has 21 heavy (non-hydrogen) atoms. The van der Waals surface area contributed by atoms with E-state index >= 15 is 0 Å². The summed E-state index contributed by atoms with van der Waals surface area (Å²) in [5.41, 5.74) is 0.184. The van der Waals surface area contributed by atoms with Gasteiger partial charge in [-0.3, -0.25) is 5.10 Å². The molecule has 1 unspecified atom stereocenters. The molecule has 110 valence electrons. The Labute approximate surface area is 117 Å². The fourth-order valence-corrected chi connectivity index (χ4v) is 1.96. The van der Waals surface area contributed by atoms with Gasteiger partial charge in [-0.2, -0.15) is 23.4 Å². The number of fused-ring (bicyclic) bond motifs is 1. The average molecular weight is 296 g/mol. The van der Waals surface area contributed by atoms with Crippen molar-refractivity contribution in [1.29, 1.82) is 0 Å². The molecule has 0 fully saturated rings. The van der Waals surface area contributed by atoms with E-state index in [4.69, 9.17) is 0 Å². The SMILES string of the molecule is CC(Nc1nccn2nc(C(F)(F)F)cc12)c1cn[nH]c1. The van der Waals surface area contributed by atoms with E-state index in [1.807, 2.05) is 6.92 Å². The van der Waals surface area contributed by atoms with Crippen LogP contribution in [0.3, 0.4) is 0 Å². The van der Waals surface area contributed by atoms with Crippen molar-refractivity contribution in [1.82, 2.24) is 24.8 Å². The zero-order valence-electron chi connectivity index (χ0n) is 10.9. The van der Waals surface area contributed by atoms with Crippen LogP contribution in [0.25, 0.3) is 5.52 Å². The minimum Gasteiger partial charge on any atom is -0.362 e. The number of halogens is 3. The summed E-state index contributed by atoms with van der Waals surface area (Å²) in [6.45, 7) is 1.86. The van der Waals surface area contributed by atoms with Crippen LogP contribution >= 0.6 is 0 Å². The molecule has 3 aromatic rings. The number of H-pyrrole nitrogens is 1. The second-order valence-corrected chi connectivity index (χ2v) is 4.53. The smallest absolute Gasteiger partial charge is 0.362 e. The van der Waals surface area contributed by atoms with Gasteiger partial charge < -0.3 is 5.32 Å². The molecular weight excluding hydrogens is 285 g/mol. The van der Waals surface area contributed by atoms with Gasteiger partial charge in [0, 0.05) is 30.2 Å². The Bertz CT molecular complexity index is 746. The lowest BCUT2D eigenvalue weighted by molar-refractivity contribution is -0.141. The van der Waals surface area contributed by atoms with Crippen LogP contribution < -0.4 is 5.32 Å². The summed E-state index contributed by atoms with van der Waals surface area (Å²) in [4.78, 5) is 4.08. The maximum Gasteiger partial charge on any atom is 0.435 e. The van der Waals surface area contributed by atoms with Crippen LogP contribution in [0.15, 0.2) is 30.9 Å². The Morgan fingerprint density at radius 2 is 2.19 bits per heavy atom. The molecule has 3 heterocycles. The second kappa shape index (κ2) is 4.76. The largest absolute Gasteiger partial charge is 0.435 e. The van der Waals surface area contributed by atoms with E-state index in [2.05, 4.69) is 25.6 Å². The van der Waals surface area contributed by atoms with Crippen molar-refractivity contribution in [3.05, 3.63) is 42.1 Å². The lowest BCUT2D eigenvalue weighted by Crippen LogP contribution is -2.08. The number of alkyl halides is 3. The normalized spacial score (nSPS) is 13.5. The lowest BCUT2D eigenvalue weighted by atomic mass is 10.2. The van der Waals surface area contributed by atoms with Crippen LogP contribution in [0.5, 0.6) is 0 Å². The number of hydrogen-bond donors (Lipinski definition) is 2. The Balaban J connectivity index is 1.97. The Hall–Kier alpha value is -2.58. The highest BCUT2D eigenvalue weighted by Gasteiger charge is 2.34. The van der Waals surface area contributed by atoms with Gasteiger partial charge >= 0.3 is 6.18 Å². The van der Waals surface area contributed by atoms with Crippen molar-refractivity contribution in [2.75, 3.05) is 5.32 Å². The first-order chi connectivity index (χ1) is 9.95. The standard InChI is InChI=1S/C12H11F3N6/c1-7(8-5-17-18-6-8)19-11-9-4-10(12(13,14)15)20-21(9)3-2-16-11/h2-7H,1H3,(H,16,19)(H,17,18). The number of rotatable bonds is 3. The third kappa shape index (κ3) is 2.54. The van der Waals surface area contributed by atoms with E-state index in [0.717, 1.165) is 16.1 Å². The molecule has 0 bridgehead atoms. The van der Waals surface area contributed by atoms with Gasteiger partial charge in [-0.05, 0) is 6.92 Å². The molecule has 0 amide bonds. The van der Waals surface area contributed by atoms with Crippen LogP contribution in [0.2, 0.25) is 0 Å². The first kappa shape index (κ1) is 13.4. The number of aromatic amines is 1. The molecule has 0 aliphatic heterocycles. The van der Waals surface area contributed by atoms with Gasteiger partial charge in [0.2, 0.25) is 0 Å². The minimum absolute atomic E-state index is 0.160. The molecule has 0 aliphatic rings. The van der Waals surface area contributed by atoms with Gasteiger partial charge in [0.1, 0.15) is 5.52 Å². The molecule has 3 aromatic heterocycles. The van der Waals surface area contributed by atoms with E-state index in [-0.39, 0.29) is 11.6 Å². The van der Waals surface area contributed by atoms with Gasteiger partial charge in [-0.15, -0.1) is 0 Å². The van der Waals surface area contributed by atoms with Crippen molar-refractivity contribution in [2.24, 2.45) is 0 Å². The summed E-state index contributed by atoms with van der Waals surface area (Å²) in [5.74, 6) is 0.328. The van der Waals surface area contributed by atoms with Crippen LogP contribution in [0.4, 0.5) is 19.0 Å². The Kier molecular flexibility index (Phi) is 3.04. The Morgan fingerprint density at radius 3 is 2.86 bits per heavy atom. The molecule has 6 nitrogen and oxygen atoms in total. The van der Waals surface area contributed by atoms with Gasteiger partial charge in [0.15, 0.2) is 11.5 Å². The molecule has 0 saturated heterocycles. The van der Waals surface area contributed by atoms with Crippen LogP contribution in [-0.4, -0.2) is 24.8 Å². The van der Waals surface area contributed by atoms with E-state index in [9.17, 15) is 13.2 Å². The zero-order chi connectivity index (χ0) is 15.0. The van der Waals surface area contributed by atoms with Crippen molar-refractivity contribution >= 4 is 11.3 Å². The highest BCUT2D eigenvalue weighted by Crippen LogP contribution is 2.30. The van der Waals surface area contributed by atoms with E-state index < -0.39 is 11.9 Å². The minimum atomic E-state index is -4.49. The molecule has 2 N–H and O–H groups in total. The maximum atomic E-state index is 12.7. The quantitative estimate of drug-likeness (QED) is 0.779. The fraction of sp³-hybridized carbons (Fsp3) is 0.250. The van der Waals surface area contributed by atoms with E-state index in [0.29, 0.717) is 5.82 Å². The topological polar surface area (TPSA) is 70.9 Å². The van der Waals surface area contributed by atoms with Gasteiger partial charge in [0.25, 0.3) is 0 Å². The van der Waals surface area contributed by atoms with Crippen molar-refractivity contribution < 1.29 is 13.2 Å². The number of nitrogens with zero attached hydrogens (tertiary/aromatic N) is 4. The molecular formula is C12H11F3N6. The molecule has 0 radical (unpaired) electrons. The molecule has 3 rings (SSSR count). The van der Waals surface area contributed by atoms with Gasteiger partial charge in [0.05, 0.1) is 12.2 Å². The average Bonchev–Trinajstić information content (AvgIpc) is 3.07. The number of anilines is 1. The van der Waals surface area contributed by atoms with Gasteiger partial charge in [-0.25, -0.2) is 9.50 Å². The van der Waals surface area contributed by atoms with Gasteiger partial charge in [-0.1, -0.05) is 0 Å². The summed E-state index contributed by atoms with van der Waals surface area (Å²) in [5, 5.41) is 13.1. The molecule has 0 saturated carbocycles. The summed E-state index contributed by atoms with van der Waals surface area (Å²) >= 11 is 0. The first-order valence-electron chi connectivity index (χ1n) is 6.12. The zero-order valence-corrected chi connectivity index (χ0v) is 10.9. The lowest BCUT2D eigenvalue weighted by Gasteiger charge is -2.13. The van der Waals surface area contributed by atoms with Crippen LogP contribution in [0.1, 0.15) is 24.2 Å². The van der Waals surface area contributed by atoms with Crippen LogP contribution in [0, 0.1) is 0 Å². The number of nitrogens with one attached hydrogen (secondary N) is 2. The molecule has 1 atom stereocenters. The van der Waals surface area contributed by atoms with Crippen molar-refractivity contribution in [3.8, 4) is 0 Å². The summed E-state index contributed by atoms with van der Waals surface area (Å²) < 4.78 is 39.3. The van der Waals surface area contributed by atoms with E-state index in [1.165, 1.54) is 12.4 Å². The first-order valence-corrected chi connectivity index (χ1v) is 6.12. The Morgan fingerprint density at radius 1 is 1.38 bits per heavy atom. The molecule has 0 aliphatic carbocycles. The summed E-state index contributed by atoms with van der Waals surface area (Å²) in [7, 11) is 0. The molecule has 0 spiro atoms. The number of hydrogen-bond acceptors (Lipinski definition) is 4. The maximum absolute atomic E-state index is 12.7. The van der Waals surface area contributed by atoms with Crippen molar-refractivity contribution in [3.63, 3.8) is 0 Å². The predicted octanol–water partition coefficient (Wildman–Crippen LogP) is 2.64. The molecule has 0 aromatic carbocycles. The third-order valence-electron chi connectivity index (χ3n) is 3.05. The fourth-order valence-electron chi connectivity index (χ4n) is 1.96. The number of aromatic nitrogens is 5. The highest BCUT2D eigenvalue weighted by molar-refractivity contribution is 5.68. The predicted molar refractivity (Wildman–Crippen MR) is 68.6 cm³/mol.